The largest absolute Gasteiger partial charge is 0.388 e. The van der Waals surface area contributed by atoms with Crippen molar-refractivity contribution >= 4 is 29.3 Å². The molecule has 2 atom stereocenters. The van der Waals surface area contributed by atoms with Crippen molar-refractivity contribution in [3.8, 4) is 0 Å². The lowest BCUT2D eigenvalue weighted by Gasteiger charge is -2.22. The lowest BCUT2D eigenvalue weighted by atomic mass is 9.90. The van der Waals surface area contributed by atoms with E-state index in [-0.39, 0.29) is 5.92 Å². The van der Waals surface area contributed by atoms with Crippen LogP contribution in [0.3, 0.4) is 0 Å². The number of nitrogens with zero attached hydrogens (tertiary/aromatic N) is 1. The quantitative estimate of drug-likeness (QED) is 0.833. The Morgan fingerprint density at radius 2 is 1.95 bits per heavy atom. The zero-order valence-electron chi connectivity index (χ0n) is 11.9. The molecule has 1 aromatic carbocycles. The Bertz CT molecular complexity index is 655. The Labute approximate surface area is 135 Å². The van der Waals surface area contributed by atoms with E-state index in [4.69, 9.17) is 23.2 Å². The van der Waals surface area contributed by atoms with E-state index in [9.17, 15) is 5.11 Å². The second-order valence-electron chi connectivity index (χ2n) is 4.88. The van der Waals surface area contributed by atoms with Gasteiger partial charge in [-0.2, -0.15) is 0 Å². The molecular formula is C17H17Cl2NO. The van der Waals surface area contributed by atoms with Gasteiger partial charge in [0.1, 0.15) is 0 Å². The minimum atomic E-state index is -0.691. The van der Waals surface area contributed by atoms with Crippen LogP contribution < -0.4 is 0 Å². The molecule has 0 aliphatic carbocycles. The van der Waals surface area contributed by atoms with Crippen molar-refractivity contribution in [1.82, 2.24) is 4.98 Å². The molecule has 0 radical (unpaired) electrons. The summed E-state index contributed by atoms with van der Waals surface area (Å²) >= 11 is 12.2. The number of aliphatic hydroxyl groups excluding tert-OH is 1. The lowest BCUT2D eigenvalue weighted by Crippen LogP contribution is -2.10. The predicted molar refractivity (Wildman–Crippen MR) is 88.8 cm³/mol. The molecule has 2 nitrogen and oxygen atoms in total. The van der Waals surface area contributed by atoms with Crippen LogP contribution in [0.5, 0.6) is 0 Å². The van der Waals surface area contributed by atoms with Crippen molar-refractivity contribution in [2.45, 2.75) is 25.9 Å². The van der Waals surface area contributed by atoms with E-state index in [0.717, 1.165) is 16.8 Å². The van der Waals surface area contributed by atoms with Crippen molar-refractivity contribution < 1.29 is 5.11 Å². The summed E-state index contributed by atoms with van der Waals surface area (Å²) in [5.41, 5.74) is 2.42. The molecule has 110 valence electrons. The zero-order chi connectivity index (χ0) is 15.4. The van der Waals surface area contributed by atoms with E-state index in [2.05, 4.69) is 4.98 Å². The third-order valence-electron chi connectivity index (χ3n) is 3.44. The topological polar surface area (TPSA) is 33.1 Å². The molecule has 0 spiro atoms. The van der Waals surface area contributed by atoms with Gasteiger partial charge in [0.2, 0.25) is 0 Å². The van der Waals surface area contributed by atoms with Crippen molar-refractivity contribution in [1.29, 1.82) is 0 Å². The third kappa shape index (κ3) is 3.65. The first-order chi connectivity index (χ1) is 10.0. The van der Waals surface area contributed by atoms with Crippen LogP contribution in [0.15, 0.2) is 42.6 Å². The molecule has 2 rings (SSSR count). The summed E-state index contributed by atoms with van der Waals surface area (Å²) in [6.45, 7) is 3.86. The van der Waals surface area contributed by atoms with Crippen molar-refractivity contribution in [3.63, 3.8) is 0 Å². The number of aliphatic hydroxyl groups is 1. The van der Waals surface area contributed by atoms with E-state index in [1.807, 2.05) is 44.2 Å². The van der Waals surface area contributed by atoms with E-state index in [1.165, 1.54) is 0 Å². The van der Waals surface area contributed by atoms with Gasteiger partial charge < -0.3 is 5.11 Å². The first-order valence-electron chi connectivity index (χ1n) is 6.75. The smallest absolute Gasteiger partial charge is 0.0877 e. The average Bonchev–Trinajstić information content (AvgIpc) is 2.47. The molecule has 2 unspecified atom stereocenters. The summed E-state index contributed by atoms with van der Waals surface area (Å²) in [7, 11) is 0. The number of hydrogen-bond donors (Lipinski definition) is 1. The molecule has 0 bridgehead atoms. The van der Waals surface area contributed by atoms with Crippen LogP contribution in [-0.2, 0) is 0 Å². The number of hydrogen-bond acceptors (Lipinski definition) is 2. The van der Waals surface area contributed by atoms with E-state index in [0.29, 0.717) is 10.0 Å². The number of halogens is 2. The molecule has 0 amide bonds. The van der Waals surface area contributed by atoms with Crippen LogP contribution in [0.25, 0.3) is 6.08 Å². The molecular weight excluding hydrogens is 305 g/mol. The van der Waals surface area contributed by atoms with Crippen LogP contribution >= 0.6 is 23.2 Å². The molecule has 1 heterocycles. The fourth-order valence-corrected chi connectivity index (χ4v) is 2.87. The maximum atomic E-state index is 10.7. The van der Waals surface area contributed by atoms with Crippen LogP contribution in [0.1, 0.15) is 42.7 Å². The SMILES string of the molecule is C/C=C\c1ncccc1C(O)C(C)c1ccc(Cl)cc1Cl. The van der Waals surface area contributed by atoms with Gasteiger partial charge in [-0.3, -0.25) is 4.98 Å². The molecule has 0 saturated carbocycles. The molecule has 0 aliphatic rings. The van der Waals surface area contributed by atoms with E-state index >= 15 is 0 Å². The first kappa shape index (κ1) is 16.0. The number of benzene rings is 1. The maximum Gasteiger partial charge on any atom is 0.0877 e. The van der Waals surface area contributed by atoms with Gasteiger partial charge in [0.25, 0.3) is 0 Å². The van der Waals surface area contributed by atoms with Gasteiger partial charge in [-0.25, -0.2) is 0 Å². The molecule has 0 fully saturated rings. The predicted octanol–water partition coefficient (Wildman–Crippen LogP) is 5.26. The monoisotopic (exact) mass is 321 g/mol. The Balaban J connectivity index is 2.37. The zero-order valence-corrected chi connectivity index (χ0v) is 13.4. The summed E-state index contributed by atoms with van der Waals surface area (Å²) in [6, 6.07) is 9.03. The van der Waals surface area contributed by atoms with Crippen molar-refractivity contribution in [2.24, 2.45) is 0 Å². The van der Waals surface area contributed by atoms with Crippen molar-refractivity contribution in [2.75, 3.05) is 0 Å². The highest BCUT2D eigenvalue weighted by Gasteiger charge is 2.22. The van der Waals surface area contributed by atoms with Gasteiger partial charge >= 0.3 is 0 Å². The van der Waals surface area contributed by atoms with Gasteiger partial charge in [-0.15, -0.1) is 0 Å². The second-order valence-corrected chi connectivity index (χ2v) is 5.72. The summed E-state index contributed by atoms with van der Waals surface area (Å²) < 4.78 is 0. The number of allylic oxidation sites excluding steroid dienone is 1. The highest BCUT2D eigenvalue weighted by atomic mass is 35.5. The molecule has 0 saturated heterocycles. The minimum Gasteiger partial charge on any atom is -0.388 e. The Morgan fingerprint density at radius 1 is 1.19 bits per heavy atom. The summed E-state index contributed by atoms with van der Waals surface area (Å²) in [6.07, 6.45) is 4.81. The number of aromatic nitrogens is 1. The summed E-state index contributed by atoms with van der Waals surface area (Å²) in [4.78, 5) is 4.30. The van der Waals surface area contributed by atoms with Gasteiger partial charge in [0.05, 0.1) is 11.8 Å². The van der Waals surface area contributed by atoms with Crippen LogP contribution in [0.4, 0.5) is 0 Å². The molecule has 2 aromatic rings. The molecule has 1 N–H and O–H groups in total. The Morgan fingerprint density at radius 3 is 2.62 bits per heavy atom. The highest BCUT2D eigenvalue weighted by Crippen LogP contribution is 2.36. The number of pyridine rings is 1. The first-order valence-corrected chi connectivity index (χ1v) is 7.50. The Kier molecular flexibility index (Phi) is 5.40. The molecule has 0 aliphatic heterocycles. The normalized spacial score (nSPS) is 14.3. The van der Waals surface area contributed by atoms with Gasteiger partial charge in [-0.05, 0) is 36.8 Å². The van der Waals surface area contributed by atoms with Crippen LogP contribution in [0.2, 0.25) is 10.0 Å². The molecule has 1 aromatic heterocycles. The summed E-state index contributed by atoms with van der Waals surface area (Å²) in [5, 5.41) is 11.8. The minimum absolute atomic E-state index is 0.164. The third-order valence-corrected chi connectivity index (χ3v) is 4.00. The Hall–Kier alpha value is -1.35. The molecule has 21 heavy (non-hydrogen) atoms. The van der Waals surface area contributed by atoms with Gasteiger partial charge in [0.15, 0.2) is 0 Å². The molecule has 4 heteroatoms. The standard InChI is InChI=1S/C17H17Cl2NO/c1-3-5-16-14(6-4-9-20-16)17(21)11(2)13-8-7-12(18)10-15(13)19/h3-11,17,21H,1-2H3/b5-3-. The van der Waals surface area contributed by atoms with Gasteiger partial charge in [-0.1, -0.05) is 48.3 Å². The van der Waals surface area contributed by atoms with Crippen LogP contribution in [0, 0.1) is 0 Å². The van der Waals surface area contributed by atoms with E-state index in [1.54, 1.807) is 18.3 Å². The fourth-order valence-electron chi connectivity index (χ4n) is 2.29. The maximum absolute atomic E-state index is 10.7. The average molecular weight is 322 g/mol. The second kappa shape index (κ2) is 7.08. The van der Waals surface area contributed by atoms with E-state index < -0.39 is 6.10 Å². The fraction of sp³-hybridized carbons (Fsp3) is 0.235. The van der Waals surface area contributed by atoms with Crippen molar-refractivity contribution in [3.05, 3.63) is 69.5 Å². The van der Waals surface area contributed by atoms with Crippen LogP contribution in [-0.4, -0.2) is 10.1 Å². The number of rotatable bonds is 4. The summed E-state index contributed by atoms with van der Waals surface area (Å²) in [5.74, 6) is -0.164. The van der Waals surface area contributed by atoms with Gasteiger partial charge in [0, 0.05) is 27.7 Å². The lowest BCUT2D eigenvalue weighted by molar-refractivity contribution is 0.151. The highest BCUT2D eigenvalue weighted by molar-refractivity contribution is 6.35.